The Labute approximate surface area is 113 Å². The lowest BCUT2D eigenvalue weighted by molar-refractivity contribution is -0.138. The minimum Gasteiger partial charge on any atom is -0.481 e. The molecule has 1 heterocycles. The van der Waals surface area contributed by atoms with Crippen LogP contribution in [-0.2, 0) is 14.3 Å². The standard InChI is InChI=1S/C13H24N2O4/c1-9(2)5-10(6-12(16)17)7-15-13(18)11-8-19-4-3-14-11/h9-11,14H,3-8H2,1-2H3,(H,15,18)(H,16,17). The molecule has 1 saturated heterocycles. The zero-order valence-corrected chi connectivity index (χ0v) is 11.6. The number of nitrogens with one attached hydrogen (secondary N) is 2. The zero-order valence-electron chi connectivity index (χ0n) is 11.6. The van der Waals surface area contributed by atoms with Crippen molar-refractivity contribution in [2.45, 2.75) is 32.7 Å². The van der Waals surface area contributed by atoms with Crippen molar-refractivity contribution in [3.8, 4) is 0 Å². The minimum absolute atomic E-state index is 0.0223. The van der Waals surface area contributed by atoms with Gasteiger partial charge in [0.25, 0.3) is 0 Å². The molecule has 1 aliphatic rings. The molecule has 0 aromatic carbocycles. The number of hydrogen-bond acceptors (Lipinski definition) is 4. The van der Waals surface area contributed by atoms with E-state index < -0.39 is 5.97 Å². The molecule has 0 saturated carbocycles. The Balaban J connectivity index is 2.36. The number of aliphatic carboxylic acids is 1. The Kier molecular flexibility index (Phi) is 6.80. The first-order valence-corrected chi connectivity index (χ1v) is 6.79. The lowest BCUT2D eigenvalue weighted by Crippen LogP contribution is -2.52. The molecule has 1 fully saturated rings. The second-order valence-electron chi connectivity index (χ2n) is 5.42. The van der Waals surface area contributed by atoms with Crippen molar-refractivity contribution in [3.63, 3.8) is 0 Å². The maximum Gasteiger partial charge on any atom is 0.303 e. The molecule has 2 unspecified atom stereocenters. The van der Waals surface area contributed by atoms with E-state index in [4.69, 9.17) is 9.84 Å². The molecule has 2 atom stereocenters. The van der Waals surface area contributed by atoms with E-state index in [2.05, 4.69) is 10.6 Å². The van der Waals surface area contributed by atoms with Crippen LogP contribution in [0.5, 0.6) is 0 Å². The molecule has 0 aliphatic carbocycles. The van der Waals surface area contributed by atoms with Crippen molar-refractivity contribution in [2.75, 3.05) is 26.3 Å². The van der Waals surface area contributed by atoms with E-state index in [0.29, 0.717) is 32.2 Å². The highest BCUT2D eigenvalue weighted by Gasteiger charge is 2.22. The van der Waals surface area contributed by atoms with Crippen molar-refractivity contribution in [1.82, 2.24) is 10.6 Å². The first-order valence-electron chi connectivity index (χ1n) is 6.79. The fourth-order valence-corrected chi connectivity index (χ4v) is 2.25. The molecule has 0 radical (unpaired) electrons. The second kappa shape index (κ2) is 8.12. The Hall–Kier alpha value is -1.14. The number of hydrogen-bond donors (Lipinski definition) is 3. The Morgan fingerprint density at radius 3 is 2.74 bits per heavy atom. The molecule has 110 valence electrons. The van der Waals surface area contributed by atoms with Crippen LogP contribution in [0.15, 0.2) is 0 Å². The lowest BCUT2D eigenvalue weighted by Gasteiger charge is -2.24. The largest absolute Gasteiger partial charge is 0.481 e. The number of carboxylic acids is 1. The third-order valence-corrected chi connectivity index (χ3v) is 3.07. The lowest BCUT2D eigenvalue weighted by atomic mass is 9.94. The van der Waals surface area contributed by atoms with Gasteiger partial charge in [-0.25, -0.2) is 0 Å². The van der Waals surface area contributed by atoms with Gasteiger partial charge in [0.15, 0.2) is 0 Å². The molecule has 6 nitrogen and oxygen atoms in total. The fourth-order valence-electron chi connectivity index (χ4n) is 2.25. The van der Waals surface area contributed by atoms with Crippen LogP contribution in [0.3, 0.4) is 0 Å². The van der Waals surface area contributed by atoms with Crippen LogP contribution in [0, 0.1) is 11.8 Å². The Bertz CT molecular complexity index is 301. The SMILES string of the molecule is CC(C)CC(CNC(=O)C1COCCN1)CC(=O)O. The van der Waals surface area contributed by atoms with Crippen molar-refractivity contribution in [2.24, 2.45) is 11.8 Å². The molecular formula is C13H24N2O4. The van der Waals surface area contributed by atoms with Crippen LogP contribution in [0.1, 0.15) is 26.7 Å². The monoisotopic (exact) mass is 272 g/mol. The van der Waals surface area contributed by atoms with Gasteiger partial charge in [0.2, 0.25) is 5.91 Å². The predicted molar refractivity (Wildman–Crippen MR) is 70.8 cm³/mol. The number of amides is 1. The number of carbonyl (C=O) groups is 2. The topological polar surface area (TPSA) is 87.7 Å². The summed E-state index contributed by atoms with van der Waals surface area (Å²) in [5, 5.41) is 14.8. The van der Waals surface area contributed by atoms with Gasteiger partial charge in [0, 0.05) is 19.5 Å². The van der Waals surface area contributed by atoms with Gasteiger partial charge in [-0.1, -0.05) is 13.8 Å². The smallest absolute Gasteiger partial charge is 0.303 e. The van der Waals surface area contributed by atoms with E-state index in [9.17, 15) is 9.59 Å². The second-order valence-corrected chi connectivity index (χ2v) is 5.42. The fraction of sp³-hybridized carbons (Fsp3) is 0.846. The Morgan fingerprint density at radius 2 is 2.21 bits per heavy atom. The van der Waals surface area contributed by atoms with Gasteiger partial charge in [-0.15, -0.1) is 0 Å². The van der Waals surface area contributed by atoms with Gasteiger partial charge < -0.3 is 20.5 Å². The molecule has 19 heavy (non-hydrogen) atoms. The number of ether oxygens (including phenoxy) is 1. The molecule has 1 amide bonds. The summed E-state index contributed by atoms with van der Waals surface area (Å²) in [6.07, 6.45) is 0.883. The highest BCUT2D eigenvalue weighted by molar-refractivity contribution is 5.82. The normalized spacial score (nSPS) is 21.1. The Morgan fingerprint density at radius 1 is 1.47 bits per heavy atom. The van der Waals surface area contributed by atoms with Crippen LogP contribution in [0.4, 0.5) is 0 Å². The average molecular weight is 272 g/mol. The first-order chi connectivity index (χ1) is 8.99. The van der Waals surface area contributed by atoms with Gasteiger partial charge in [-0.3, -0.25) is 9.59 Å². The van der Waals surface area contributed by atoms with Gasteiger partial charge in [0.05, 0.1) is 13.2 Å². The van der Waals surface area contributed by atoms with Crippen molar-refractivity contribution >= 4 is 11.9 Å². The molecular weight excluding hydrogens is 248 g/mol. The summed E-state index contributed by atoms with van der Waals surface area (Å²) < 4.78 is 5.22. The van der Waals surface area contributed by atoms with E-state index in [1.165, 1.54) is 0 Å². The first kappa shape index (κ1) is 15.9. The van der Waals surface area contributed by atoms with Crippen LogP contribution in [-0.4, -0.2) is 49.3 Å². The summed E-state index contributed by atoms with van der Waals surface area (Å²) in [4.78, 5) is 22.7. The van der Waals surface area contributed by atoms with E-state index in [-0.39, 0.29) is 24.3 Å². The third kappa shape index (κ3) is 6.54. The molecule has 1 rings (SSSR count). The number of rotatable bonds is 7. The van der Waals surface area contributed by atoms with Crippen LogP contribution in [0.2, 0.25) is 0 Å². The molecule has 0 spiro atoms. The number of carbonyl (C=O) groups excluding carboxylic acids is 1. The zero-order chi connectivity index (χ0) is 14.3. The van der Waals surface area contributed by atoms with Crippen LogP contribution in [0.25, 0.3) is 0 Å². The molecule has 0 aromatic rings. The predicted octanol–water partition coefficient (Wildman–Crippen LogP) is 0.228. The molecule has 1 aliphatic heterocycles. The highest BCUT2D eigenvalue weighted by atomic mass is 16.5. The molecule has 0 aromatic heterocycles. The minimum atomic E-state index is -0.820. The summed E-state index contributed by atoms with van der Waals surface area (Å²) in [6.45, 7) is 6.17. The third-order valence-electron chi connectivity index (χ3n) is 3.07. The van der Waals surface area contributed by atoms with Gasteiger partial charge in [0.1, 0.15) is 6.04 Å². The van der Waals surface area contributed by atoms with E-state index >= 15 is 0 Å². The van der Waals surface area contributed by atoms with Crippen molar-refractivity contribution in [3.05, 3.63) is 0 Å². The molecule has 3 N–H and O–H groups in total. The van der Waals surface area contributed by atoms with Crippen molar-refractivity contribution in [1.29, 1.82) is 0 Å². The summed E-state index contributed by atoms with van der Waals surface area (Å²) in [5.41, 5.74) is 0. The van der Waals surface area contributed by atoms with Crippen LogP contribution < -0.4 is 10.6 Å². The number of carboxylic acid groups (broad SMARTS) is 1. The van der Waals surface area contributed by atoms with Gasteiger partial charge in [-0.05, 0) is 18.3 Å². The molecule has 6 heteroatoms. The highest BCUT2D eigenvalue weighted by Crippen LogP contribution is 2.14. The maximum atomic E-state index is 11.9. The molecule has 0 bridgehead atoms. The van der Waals surface area contributed by atoms with Gasteiger partial charge >= 0.3 is 5.97 Å². The van der Waals surface area contributed by atoms with E-state index in [1.54, 1.807) is 0 Å². The van der Waals surface area contributed by atoms with Crippen LogP contribution >= 0.6 is 0 Å². The summed E-state index contributed by atoms with van der Waals surface area (Å²) in [7, 11) is 0. The van der Waals surface area contributed by atoms with E-state index in [1.807, 2.05) is 13.8 Å². The van der Waals surface area contributed by atoms with Crippen molar-refractivity contribution < 1.29 is 19.4 Å². The summed E-state index contributed by atoms with van der Waals surface area (Å²) >= 11 is 0. The quantitative estimate of drug-likeness (QED) is 0.617. The summed E-state index contributed by atoms with van der Waals surface area (Å²) in [6, 6.07) is -0.321. The van der Waals surface area contributed by atoms with E-state index in [0.717, 1.165) is 6.42 Å². The number of morpholine rings is 1. The maximum absolute atomic E-state index is 11.9. The summed E-state index contributed by atoms with van der Waals surface area (Å²) in [5.74, 6) is -0.541. The van der Waals surface area contributed by atoms with Gasteiger partial charge in [-0.2, -0.15) is 0 Å². The average Bonchev–Trinajstić information content (AvgIpc) is 2.35.